The van der Waals surface area contributed by atoms with Gasteiger partial charge in [0.1, 0.15) is 11.4 Å². The summed E-state index contributed by atoms with van der Waals surface area (Å²) in [7, 11) is 0. The van der Waals surface area contributed by atoms with Gasteiger partial charge in [0.05, 0.1) is 6.61 Å². The van der Waals surface area contributed by atoms with E-state index in [1.165, 1.54) is 12.1 Å². The molecular formula is C9H8BrFO2. The van der Waals surface area contributed by atoms with Gasteiger partial charge in [-0.05, 0) is 35.0 Å². The molecule has 4 heteroatoms. The second-order valence-corrected chi connectivity index (χ2v) is 3.17. The van der Waals surface area contributed by atoms with Crippen LogP contribution < -0.4 is 0 Å². The van der Waals surface area contributed by atoms with E-state index in [9.17, 15) is 9.18 Å². The number of benzene rings is 1. The lowest BCUT2D eigenvalue weighted by atomic mass is 10.2. The second kappa shape index (κ2) is 4.37. The molecule has 0 unspecified atom stereocenters. The van der Waals surface area contributed by atoms with Crippen molar-refractivity contribution < 1.29 is 13.9 Å². The molecule has 0 saturated carbocycles. The zero-order valence-electron chi connectivity index (χ0n) is 7.01. The molecule has 0 heterocycles. The van der Waals surface area contributed by atoms with Crippen molar-refractivity contribution in [2.24, 2.45) is 0 Å². The van der Waals surface area contributed by atoms with Crippen molar-refractivity contribution in [1.29, 1.82) is 0 Å². The molecule has 0 saturated heterocycles. The molecule has 0 amide bonds. The van der Waals surface area contributed by atoms with Gasteiger partial charge in [-0.25, -0.2) is 9.18 Å². The first-order valence-corrected chi connectivity index (χ1v) is 4.57. The van der Waals surface area contributed by atoms with Gasteiger partial charge in [-0.3, -0.25) is 0 Å². The lowest BCUT2D eigenvalue weighted by molar-refractivity contribution is 0.0520. The fourth-order valence-electron chi connectivity index (χ4n) is 0.896. The number of hydrogen-bond acceptors (Lipinski definition) is 2. The van der Waals surface area contributed by atoms with E-state index >= 15 is 0 Å². The van der Waals surface area contributed by atoms with Crippen molar-refractivity contribution in [2.75, 3.05) is 6.61 Å². The van der Waals surface area contributed by atoms with Crippen molar-refractivity contribution in [2.45, 2.75) is 6.92 Å². The summed E-state index contributed by atoms with van der Waals surface area (Å²) >= 11 is 3.08. The first-order chi connectivity index (χ1) is 6.16. The van der Waals surface area contributed by atoms with Crippen LogP contribution in [0.5, 0.6) is 0 Å². The third-order valence-corrected chi connectivity index (χ3v) is 2.10. The predicted molar refractivity (Wildman–Crippen MR) is 50.1 cm³/mol. The van der Waals surface area contributed by atoms with Gasteiger partial charge in [0.15, 0.2) is 0 Å². The summed E-state index contributed by atoms with van der Waals surface area (Å²) in [5, 5.41) is 0. The topological polar surface area (TPSA) is 26.3 Å². The summed E-state index contributed by atoms with van der Waals surface area (Å²) in [6.45, 7) is 1.91. The molecule has 0 spiro atoms. The summed E-state index contributed by atoms with van der Waals surface area (Å²) < 4.78 is 18.2. The van der Waals surface area contributed by atoms with E-state index in [0.29, 0.717) is 4.47 Å². The number of hydrogen-bond donors (Lipinski definition) is 0. The van der Waals surface area contributed by atoms with Gasteiger partial charge >= 0.3 is 5.97 Å². The van der Waals surface area contributed by atoms with Crippen LogP contribution in [-0.4, -0.2) is 12.6 Å². The Labute approximate surface area is 83.8 Å². The fourth-order valence-corrected chi connectivity index (χ4v) is 1.40. The quantitative estimate of drug-likeness (QED) is 0.751. The van der Waals surface area contributed by atoms with Crippen molar-refractivity contribution in [1.82, 2.24) is 0 Å². The third kappa shape index (κ3) is 2.28. The zero-order valence-corrected chi connectivity index (χ0v) is 8.60. The van der Waals surface area contributed by atoms with Crippen molar-refractivity contribution in [3.05, 3.63) is 34.1 Å². The minimum Gasteiger partial charge on any atom is -0.462 e. The van der Waals surface area contributed by atoms with Gasteiger partial charge in [0.2, 0.25) is 0 Å². The highest BCUT2D eigenvalue weighted by atomic mass is 79.9. The third-order valence-electron chi connectivity index (χ3n) is 1.44. The normalized spacial score (nSPS) is 9.77. The van der Waals surface area contributed by atoms with Gasteiger partial charge < -0.3 is 4.74 Å². The van der Waals surface area contributed by atoms with Crippen molar-refractivity contribution in [3.63, 3.8) is 0 Å². The van der Waals surface area contributed by atoms with Gasteiger partial charge in [0, 0.05) is 4.47 Å². The van der Waals surface area contributed by atoms with Gasteiger partial charge in [-0.15, -0.1) is 0 Å². The Morgan fingerprint density at radius 1 is 1.62 bits per heavy atom. The Morgan fingerprint density at radius 3 is 2.85 bits per heavy atom. The summed E-state index contributed by atoms with van der Waals surface area (Å²) in [5.41, 5.74) is -0.0515. The van der Waals surface area contributed by atoms with E-state index in [-0.39, 0.29) is 12.2 Å². The maximum Gasteiger partial charge on any atom is 0.342 e. The molecule has 0 N–H and O–H groups in total. The SMILES string of the molecule is CCOC(=O)c1c(F)cccc1Br. The highest BCUT2D eigenvalue weighted by molar-refractivity contribution is 9.10. The molecule has 0 aliphatic carbocycles. The summed E-state index contributed by atoms with van der Waals surface area (Å²) in [5.74, 6) is -1.22. The van der Waals surface area contributed by atoms with Gasteiger partial charge in [0.25, 0.3) is 0 Å². The molecule has 0 atom stereocenters. The average molecular weight is 247 g/mol. The standard InChI is InChI=1S/C9H8BrFO2/c1-2-13-9(12)8-6(10)4-3-5-7(8)11/h3-5H,2H2,1H3. The number of halogens is 2. The van der Waals surface area contributed by atoms with Crippen LogP contribution in [0.3, 0.4) is 0 Å². The Morgan fingerprint density at radius 2 is 2.31 bits per heavy atom. The lowest BCUT2D eigenvalue weighted by Gasteiger charge is -2.04. The molecule has 0 aliphatic heterocycles. The second-order valence-electron chi connectivity index (χ2n) is 2.32. The first-order valence-electron chi connectivity index (χ1n) is 3.78. The van der Waals surface area contributed by atoms with Gasteiger partial charge in [-0.1, -0.05) is 6.07 Å². The smallest absolute Gasteiger partial charge is 0.342 e. The Kier molecular flexibility index (Phi) is 3.42. The molecule has 13 heavy (non-hydrogen) atoms. The number of rotatable bonds is 2. The van der Waals surface area contributed by atoms with Crippen LogP contribution >= 0.6 is 15.9 Å². The van der Waals surface area contributed by atoms with E-state index < -0.39 is 11.8 Å². The molecule has 0 radical (unpaired) electrons. The molecule has 0 aliphatic rings. The summed E-state index contributed by atoms with van der Waals surface area (Å²) in [4.78, 5) is 11.2. The van der Waals surface area contributed by atoms with E-state index in [0.717, 1.165) is 0 Å². The van der Waals surface area contributed by atoms with Crippen LogP contribution in [0, 0.1) is 5.82 Å². The molecule has 0 aromatic heterocycles. The number of carbonyl (C=O) groups excluding carboxylic acids is 1. The Balaban J connectivity index is 3.05. The minimum absolute atomic E-state index is 0.0515. The van der Waals surface area contributed by atoms with Crippen LogP contribution in [0.1, 0.15) is 17.3 Å². The lowest BCUT2D eigenvalue weighted by Crippen LogP contribution is -2.07. The van der Waals surface area contributed by atoms with E-state index in [1.54, 1.807) is 13.0 Å². The summed E-state index contributed by atoms with van der Waals surface area (Å²) in [6, 6.07) is 4.33. The molecule has 1 rings (SSSR count). The molecule has 70 valence electrons. The number of ether oxygens (including phenoxy) is 1. The van der Waals surface area contributed by atoms with E-state index in [2.05, 4.69) is 20.7 Å². The highest BCUT2D eigenvalue weighted by Gasteiger charge is 2.15. The average Bonchev–Trinajstić information content (AvgIpc) is 2.04. The van der Waals surface area contributed by atoms with Crippen LogP contribution in [-0.2, 0) is 4.74 Å². The van der Waals surface area contributed by atoms with Crippen LogP contribution in [0.2, 0.25) is 0 Å². The van der Waals surface area contributed by atoms with Crippen LogP contribution in [0.4, 0.5) is 4.39 Å². The largest absolute Gasteiger partial charge is 0.462 e. The molecule has 1 aromatic rings. The molecule has 0 bridgehead atoms. The maximum atomic E-state index is 13.1. The predicted octanol–water partition coefficient (Wildman–Crippen LogP) is 2.76. The van der Waals surface area contributed by atoms with E-state index in [1.807, 2.05) is 0 Å². The first kappa shape index (κ1) is 10.2. The molecular weight excluding hydrogens is 239 g/mol. The zero-order chi connectivity index (χ0) is 9.84. The Bertz CT molecular complexity index is 305. The van der Waals surface area contributed by atoms with Crippen molar-refractivity contribution >= 4 is 21.9 Å². The summed E-state index contributed by atoms with van der Waals surface area (Å²) in [6.07, 6.45) is 0. The monoisotopic (exact) mass is 246 g/mol. The van der Waals surface area contributed by atoms with Crippen LogP contribution in [0.25, 0.3) is 0 Å². The number of esters is 1. The molecule has 1 aromatic carbocycles. The van der Waals surface area contributed by atoms with E-state index in [4.69, 9.17) is 0 Å². The van der Waals surface area contributed by atoms with Crippen molar-refractivity contribution in [3.8, 4) is 0 Å². The van der Waals surface area contributed by atoms with Gasteiger partial charge in [-0.2, -0.15) is 0 Å². The van der Waals surface area contributed by atoms with Crippen LogP contribution in [0.15, 0.2) is 22.7 Å². The highest BCUT2D eigenvalue weighted by Crippen LogP contribution is 2.20. The fraction of sp³-hybridized carbons (Fsp3) is 0.222. The molecule has 2 nitrogen and oxygen atoms in total. The Hall–Kier alpha value is -0.900. The maximum absolute atomic E-state index is 13.1. The number of carbonyl (C=O) groups is 1. The molecule has 0 fully saturated rings. The minimum atomic E-state index is -0.646.